The fourth-order valence-electron chi connectivity index (χ4n) is 3.68. The molecule has 1 aromatic carbocycles. The van der Waals surface area contributed by atoms with E-state index >= 15 is 0 Å². The van der Waals surface area contributed by atoms with Gasteiger partial charge in [-0.1, -0.05) is 0 Å². The van der Waals surface area contributed by atoms with Gasteiger partial charge >= 0.3 is 7.12 Å². The number of ether oxygens (including phenoxy) is 3. The van der Waals surface area contributed by atoms with Gasteiger partial charge < -0.3 is 23.9 Å². The first-order chi connectivity index (χ1) is 12.7. The average Bonchev–Trinajstić information content (AvgIpc) is 3.27. The first kappa shape index (κ1) is 16.0. The summed E-state index contributed by atoms with van der Waals surface area (Å²) in [6, 6.07) is 5.98. The average molecular weight is 353 g/mol. The molecule has 1 N–H and O–H groups in total. The van der Waals surface area contributed by atoms with Crippen LogP contribution in [0.25, 0.3) is 11.1 Å². The molecule has 1 saturated heterocycles. The van der Waals surface area contributed by atoms with Crippen molar-refractivity contribution in [1.29, 1.82) is 0 Å². The van der Waals surface area contributed by atoms with E-state index in [0.717, 1.165) is 29.5 Å². The highest BCUT2D eigenvalue weighted by molar-refractivity contribution is 6.43. The molecule has 3 aliphatic rings. The number of benzene rings is 1. The second-order valence-corrected chi connectivity index (χ2v) is 7.27. The van der Waals surface area contributed by atoms with Crippen LogP contribution in [0.4, 0.5) is 0 Å². The minimum Gasteiger partial charge on any atom is -0.493 e. The van der Waals surface area contributed by atoms with Gasteiger partial charge in [0.25, 0.3) is 0 Å². The predicted octanol–water partition coefficient (Wildman–Crippen LogP) is 2.66. The Balaban J connectivity index is 1.54. The van der Waals surface area contributed by atoms with Crippen molar-refractivity contribution in [1.82, 2.24) is 4.98 Å². The van der Waals surface area contributed by atoms with Gasteiger partial charge in [-0.25, -0.2) is 0 Å². The zero-order valence-corrected chi connectivity index (χ0v) is 14.6. The summed E-state index contributed by atoms with van der Waals surface area (Å²) in [4.78, 5) is 4.40. The van der Waals surface area contributed by atoms with Crippen molar-refractivity contribution in [2.45, 2.75) is 30.7 Å². The van der Waals surface area contributed by atoms with Gasteiger partial charge in [-0.2, -0.15) is 0 Å². The lowest BCUT2D eigenvalue weighted by Crippen LogP contribution is -2.31. The molecule has 2 fully saturated rings. The number of fused-ring (bicyclic) bond motifs is 1. The highest BCUT2D eigenvalue weighted by atomic mass is 16.6. The molecular weight excluding hydrogens is 333 g/mol. The maximum atomic E-state index is 9.62. The van der Waals surface area contributed by atoms with Crippen LogP contribution in [-0.2, 0) is 4.65 Å². The smallest absolute Gasteiger partial charge is 0.454 e. The molecule has 134 valence electrons. The molecule has 2 aliphatic heterocycles. The third-order valence-corrected chi connectivity index (χ3v) is 5.42. The molecule has 1 atom stereocenters. The van der Waals surface area contributed by atoms with Crippen molar-refractivity contribution in [3.05, 3.63) is 36.2 Å². The third kappa shape index (κ3) is 2.62. The van der Waals surface area contributed by atoms with Gasteiger partial charge in [-0.15, -0.1) is 0 Å². The number of hydrogen-bond acceptors (Lipinski definition) is 6. The van der Waals surface area contributed by atoms with E-state index < -0.39 is 7.12 Å². The molecule has 0 amide bonds. The Morgan fingerprint density at radius 1 is 1.27 bits per heavy atom. The zero-order valence-electron chi connectivity index (χ0n) is 14.6. The maximum Gasteiger partial charge on any atom is 0.454 e. The monoisotopic (exact) mass is 353 g/mol. The molecule has 6 nitrogen and oxygen atoms in total. The summed E-state index contributed by atoms with van der Waals surface area (Å²) in [5, 5.41) is 9.62. The Bertz CT molecular complexity index is 854. The van der Waals surface area contributed by atoms with E-state index in [1.54, 1.807) is 7.11 Å². The molecule has 0 bridgehead atoms. The van der Waals surface area contributed by atoms with Crippen LogP contribution in [0.3, 0.4) is 0 Å². The molecule has 2 aromatic rings. The van der Waals surface area contributed by atoms with Crippen LogP contribution in [0.2, 0.25) is 6.32 Å². The molecule has 5 rings (SSSR count). The summed E-state index contributed by atoms with van der Waals surface area (Å²) >= 11 is 0. The van der Waals surface area contributed by atoms with Gasteiger partial charge in [0.1, 0.15) is 12.2 Å². The van der Waals surface area contributed by atoms with Crippen LogP contribution in [0, 0.1) is 0 Å². The van der Waals surface area contributed by atoms with Gasteiger partial charge in [0.15, 0.2) is 11.5 Å². The first-order valence-electron chi connectivity index (χ1n) is 8.95. The number of rotatable bonds is 3. The van der Waals surface area contributed by atoms with E-state index in [4.69, 9.17) is 18.9 Å². The van der Waals surface area contributed by atoms with Crippen LogP contribution < -0.4 is 14.2 Å². The number of nitrogens with zero attached hydrogens (tertiary/aromatic N) is 1. The SMILES string of the molecule is COc1ccc(-c2cncc(C3COB(O)C3)c2)c2c1OC1(CC1)CO2. The highest BCUT2D eigenvalue weighted by Gasteiger charge is 2.50. The van der Waals surface area contributed by atoms with Crippen LogP contribution in [-0.4, -0.2) is 43.1 Å². The van der Waals surface area contributed by atoms with Crippen LogP contribution in [0.15, 0.2) is 30.6 Å². The Kier molecular flexibility index (Phi) is 3.62. The normalized spacial score (nSPS) is 22.5. The van der Waals surface area contributed by atoms with Crippen molar-refractivity contribution in [3.8, 4) is 28.4 Å². The van der Waals surface area contributed by atoms with Gasteiger partial charge in [0.05, 0.1) is 7.11 Å². The zero-order chi connectivity index (χ0) is 17.7. The van der Waals surface area contributed by atoms with Crippen molar-refractivity contribution in [3.63, 3.8) is 0 Å². The lowest BCUT2D eigenvalue weighted by atomic mass is 9.79. The Morgan fingerprint density at radius 3 is 2.88 bits per heavy atom. The first-order valence-corrected chi connectivity index (χ1v) is 8.95. The number of aromatic nitrogens is 1. The van der Waals surface area contributed by atoms with Gasteiger partial charge in [0, 0.05) is 36.0 Å². The van der Waals surface area contributed by atoms with Crippen LogP contribution in [0.1, 0.15) is 24.3 Å². The number of pyridine rings is 1. The maximum absolute atomic E-state index is 9.62. The molecule has 1 saturated carbocycles. The second-order valence-electron chi connectivity index (χ2n) is 7.27. The summed E-state index contributed by atoms with van der Waals surface area (Å²) in [5.41, 5.74) is 2.78. The molecule has 7 heteroatoms. The summed E-state index contributed by atoms with van der Waals surface area (Å²) < 4.78 is 23.1. The fraction of sp³-hybridized carbons (Fsp3) is 0.421. The summed E-state index contributed by atoms with van der Waals surface area (Å²) in [5.74, 6) is 2.23. The van der Waals surface area contributed by atoms with Crippen molar-refractivity contribution >= 4 is 7.12 Å². The molecular formula is C19H20BNO5. The molecule has 0 radical (unpaired) electrons. The lowest BCUT2D eigenvalue weighted by molar-refractivity contribution is 0.0686. The number of hydrogen-bond donors (Lipinski definition) is 1. The van der Waals surface area contributed by atoms with Gasteiger partial charge in [0.2, 0.25) is 5.75 Å². The minimum atomic E-state index is -0.691. The van der Waals surface area contributed by atoms with E-state index in [9.17, 15) is 5.02 Å². The van der Waals surface area contributed by atoms with E-state index in [1.807, 2.05) is 24.5 Å². The van der Waals surface area contributed by atoms with Crippen molar-refractivity contribution in [2.24, 2.45) is 0 Å². The van der Waals surface area contributed by atoms with E-state index in [1.165, 1.54) is 0 Å². The van der Waals surface area contributed by atoms with Crippen LogP contribution >= 0.6 is 0 Å². The Labute approximate surface area is 152 Å². The Morgan fingerprint density at radius 2 is 2.15 bits per heavy atom. The molecule has 26 heavy (non-hydrogen) atoms. The van der Waals surface area contributed by atoms with E-state index in [2.05, 4.69) is 11.1 Å². The summed E-state index contributed by atoms with van der Waals surface area (Å²) in [6.45, 7) is 1.07. The second kappa shape index (κ2) is 5.89. The topological polar surface area (TPSA) is 70.0 Å². The fourth-order valence-corrected chi connectivity index (χ4v) is 3.68. The molecule has 1 unspecified atom stereocenters. The molecule has 3 heterocycles. The quantitative estimate of drug-likeness (QED) is 0.856. The predicted molar refractivity (Wildman–Crippen MR) is 95.8 cm³/mol. The number of methoxy groups -OCH3 is 1. The molecule has 1 spiro atoms. The van der Waals surface area contributed by atoms with Crippen LogP contribution in [0.5, 0.6) is 17.2 Å². The van der Waals surface area contributed by atoms with Gasteiger partial charge in [-0.3, -0.25) is 4.98 Å². The summed E-state index contributed by atoms with van der Waals surface area (Å²) in [7, 11) is 0.948. The van der Waals surface area contributed by atoms with Crippen molar-refractivity contribution < 1.29 is 23.9 Å². The summed E-state index contributed by atoms with van der Waals surface area (Å²) in [6.07, 6.45) is 6.28. The van der Waals surface area contributed by atoms with E-state index in [-0.39, 0.29) is 11.5 Å². The minimum absolute atomic E-state index is 0.151. The lowest BCUT2D eigenvalue weighted by Gasteiger charge is -2.29. The van der Waals surface area contributed by atoms with Gasteiger partial charge in [-0.05, 0) is 42.9 Å². The third-order valence-electron chi connectivity index (χ3n) is 5.42. The van der Waals surface area contributed by atoms with E-state index in [0.29, 0.717) is 36.8 Å². The molecule has 1 aliphatic carbocycles. The largest absolute Gasteiger partial charge is 0.493 e. The van der Waals surface area contributed by atoms with Crippen molar-refractivity contribution in [2.75, 3.05) is 20.3 Å². The highest BCUT2D eigenvalue weighted by Crippen LogP contribution is 2.53. The standard InChI is InChI=1S/C19H20BNO5/c1-23-16-3-2-15(17-18(16)26-19(4-5-19)11-24-17)13-6-12(8-21-9-13)14-7-20(22)25-10-14/h2-3,6,8-9,14,22H,4-5,7,10-11H2,1H3. The molecule has 1 aromatic heterocycles. The Hall–Kier alpha value is -2.25.